The van der Waals surface area contributed by atoms with Crippen molar-refractivity contribution in [3.8, 4) is 0 Å². The molecule has 1 aromatic carbocycles. The summed E-state index contributed by atoms with van der Waals surface area (Å²) in [4.78, 5) is 11.7. The molecule has 0 aromatic heterocycles. The van der Waals surface area contributed by atoms with Crippen LogP contribution in [-0.2, 0) is 4.79 Å². The number of anilines is 1. The molecule has 0 saturated heterocycles. The van der Waals surface area contributed by atoms with Crippen LogP contribution in [0.25, 0.3) is 0 Å². The Labute approximate surface area is 109 Å². The standard InChI is InChI=1S/C15H22N2O/c1-12-6-8-13(9-7-12)16-11-10-15(18)17-14-4-2-3-5-14/h6-9,14,16H,2-5,10-11H2,1H3,(H,17,18). The van der Waals surface area contributed by atoms with Gasteiger partial charge < -0.3 is 10.6 Å². The molecule has 18 heavy (non-hydrogen) atoms. The van der Waals surface area contributed by atoms with E-state index < -0.39 is 0 Å². The number of carbonyl (C=O) groups is 1. The summed E-state index contributed by atoms with van der Waals surface area (Å²) in [6, 6.07) is 8.66. The molecular weight excluding hydrogens is 224 g/mol. The van der Waals surface area contributed by atoms with Gasteiger partial charge in [0.25, 0.3) is 0 Å². The van der Waals surface area contributed by atoms with Crippen molar-refractivity contribution in [2.24, 2.45) is 0 Å². The maximum absolute atomic E-state index is 11.7. The van der Waals surface area contributed by atoms with Gasteiger partial charge in [-0.1, -0.05) is 30.5 Å². The zero-order valence-corrected chi connectivity index (χ0v) is 11.0. The van der Waals surface area contributed by atoms with Crippen LogP contribution in [0.4, 0.5) is 5.69 Å². The van der Waals surface area contributed by atoms with Crippen LogP contribution < -0.4 is 10.6 Å². The lowest BCUT2D eigenvalue weighted by Gasteiger charge is -2.12. The van der Waals surface area contributed by atoms with Crippen molar-refractivity contribution in [2.45, 2.75) is 45.1 Å². The predicted octanol–water partition coefficient (Wildman–Crippen LogP) is 2.86. The Morgan fingerprint density at radius 1 is 1.22 bits per heavy atom. The third-order valence-corrected chi connectivity index (χ3v) is 3.45. The summed E-state index contributed by atoms with van der Waals surface area (Å²) >= 11 is 0. The molecule has 0 bridgehead atoms. The van der Waals surface area contributed by atoms with E-state index in [1.807, 2.05) is 12.1 Å². The van der Waals surface area contributed by atoms with E-state index >= 15 is 0 Å². The molecular formula is C15H22N2O. The quantitative estimate of drug-likeness (QED) is 0.838. The molecule has 0 atom stereocenters. The first-order chi connectivity index (χ1) is 8.74. The first-order valence-corrected chi connectivity index (χ1v) is 6.84. The minimum Gasteiger partial charge on any atom is -0.385 e. The van der Waals surface area contributed by atoms with Gasteiger partial charge in [0.15, 0.2) is 0 Å². The largest absolute Gasteiger partial charge is 0.385 e. The second-order valence-corrected chi connectivity index (χ2v) is 5.09. The van der Waals surface area contributed by atoms with Crippen LogP contribution in [0.2, 0.25) is 0 Å². The van der Waals surface area contributed by atoms with Gasteiger partial charge in [0.1, 0.15) is 0 Å². The summed E-state index contributed by atoms with van der Waals surface area (Å²) < 4.78 is 0. The van der Waals surface area contributed by atoms with Crippen LogP contribution in [0.3, 0.4) is 0 Å². The lowest BCUT2D eigenvalue weighted by Crippen LogP contribution is -2.33. The Morgan fingerprint density at radius 3 is 2.56 bits per heavy atom. The van der Waals surface area contributed by atoms with Gasteiger partial charge >= 0.3 is 0 Å². The van der Waals surface area contributed by atoms with Crippen LogP contribution in [0.5, 0.6) is 0 Å². The van der Waals surface area contributed by atoms with E-state index in [1.54, 1.807) is 0 Å². The first-order valence-electron chi connectivity index (χ1n) is 6.84. The van der Waals surface area contributed by atoms with Gasteiger partial charge in [-0.2, -0.15) is 0 Å². The number of carbonyl (C=O) groups excluding carboxylic acids is 1. The van der Waals surface area contributed by atoms with Crippen LogP contribution >= 0.6 is 0 Å². The third-order valence-electron chi connectivity index (χ3n) is 3.45. The molecule has 1 aromatic rings. The number of rotatable bonds is 5. The van der Waals surface area contributed by atoms with Gasteiger partial charge in [0, 0.05) is 24.7 Å². The minimum atomic E-state index is 0.168. The van der Waals surface area contributed by atoms with E-state index in [0.29, 0.717) is 19.0 Å². The Bertz CT molecular complexity index is 380. The number of aryl methyl sites for hydroxylation is 1. The van der Waals surface area contributed by atoms with E-state index in [9.17, 15) is 4.79 Å². The zero-order chi connectivity index (χ0) is 12.8. The maximum Gasteiger partial charge on any atom is 0.221 e. The average molecular weight is 246 g/mol. The van der Waals surface area contributed by atoms with Gasteiger partial charge in [-0.3, -0.25) is 4.79 Å². The van der Waals surface area contributed by atoms with Crippen LogP contribution in [0.1, 0.15) is 37.7 Å². The van der Waals surface area contributed by atoms with E-state index in [0.717, 1.165) is 18.5 Å². The van der Waals surface area contributed by atoms with Crippen molar-refractivity contribution in [1.29, 1.82) is 0 Å². The summed E-state index contributed by atoms with van der Waals surface area (Å²) in [5.74, 6) is 0.168. The first kappa shape index (κ1) is 12.9. The molecule has 1 saturated carbocycles. The van der Waals surface area contributed by atoms with Crippen molar-refractivity contribution in [1.82, 2.24) is 5.32 Å². The Kier molecular flexibility index (Phi) is 4.62. The molecule has 0 heterocycles. The summed E-state index contributed by atoms with van der Waals surface area (Å²) in [6.45, 7) is 2.76. The van der Waals surface area contributed by atoms with Gasteiger partial charge in [-0.05, 0) is 31.9 Å². The lowest BCUT2D eigenvalue weighted by atomic mass is 10.2. The summed E-state index contributed by atoms with van der Waals surface area (Å²) in [5, 5.41) is 6.36. The van der Waals surface area contributed by atoms with Gasteiger partial charge in [-0.15, -0.1) is 0 Å². The molecule has 0 spiro atoms. The second-order valence-electron chi connectivity index (χ2n) is 5.09. The Morgan fingerprint density at radius 2 is 1.89 bits per heavy atom. The average Bonchev–Trinajstić information content (AvgIpc) is 2.84. The topological polar surface area (TPSA) is 41.1 Å². The fourth-order valence-electron chi connectivity index (χ4n) is 2.36. The Hall–Kier alpha value is -1.51. The summed E-state index contributed by atoms with van der Waals surface area (Å²) in [5.41, 5.74) is 2.33. The predicted molar refractivity (Wildman–Crippen MR) is 74.7 cm³/mol. The van der Waals surface area contributed by atoms with E-state index in [1.165, 1.54) is 18.4 Å². The van der Waals surface area contributed by atoms with Crippen molar-refractivity contribution < 1.29 is 4.79 Å². The molecule has 1 aliphatic rings. The maximum atomic E-state index is 11.7. The summed E-state index contributed by atoms with van der Waals surface area (Å²) in [6.07, 6.45) is 5.36. The molecule has 2 N–H and O–H groups in total. The van der Waals surface area contributed by atoms with E-state index in [4.69, 9.17) is 0 Å². The Balaban J connectivity index is 1.65. The second kappa shape index (κ2) is 6.43. The number of amides is 1. The fourth-order valence-corrected chi connectivity index (χ4v) is 2.36. The number of benzene rings is 1. The number of hydrogen-bond acceptors (Lipinski definition) is 2. The minimum absolute atomic E-state index is 0.168. The lowest BCUT2D eigenvalue weighted by molar-refractivity contribution is -0.121. The molecule has 0 unspecified atom stereocenters. The van der Waals surface area contributed by atoms with Gasteiger partial charge in [-0.25, -0.2) is 0 Å². The van der Waals surface area contributed by atoms with Gasteiger partial charge in [0.2, 0.25) is 5.91 Å². The monoisotopic (exact) mass is 246 g/mol. The van der Waals surface area contributed by atoms with Gasteiger partial charge in [0.05, 0.1) is 0 Å². The molecule has 3 heteroatoms. The highest BCUT2D eigenvalue weighted by Crippen LogP contribution is 2.17. The molecule has 1 fully saturated rings. The van der Waals surface area contributed by atoms with Crippen molar-refractivity contribution in [2.75, 3.05) is 11.9 Å². The van der Waals surface area contributed by atoms with Crippen molar-refractivity contribution in [3.63, 3.8) is 0 Å². The molecule has 98 valence electrons. The highest BCUT2D eigenvalue weighted by molar-refractivity contribution is 5.76. The SMILES string of the molecule is Cc1ccc(NCCC(=O)NC2CCCC2)cc1. The van der Waals surface area contributed by atoms with Crippen LogP contribution in [0.15, 0.2) is 24.3 Å². The smallest absolute Gasteiger partial charge is 0.221 e. The molecule has 3 nitrogen and oxygen atoms in total. The number of hydrogen-bond donors (Lipinski definition) is 2. The highest BCUT2D eigenvalue weighted by Gasteiger charge is 2.16. The van der Waals surface area contributed by atoms with Crippen molar-refractivity contribution in [3.05, 3.63) is 29.8 Å². The summed E-state index contributed by atoms with van der Waals surface area (Å²) in [7, 11) is 0. The number of nitrogens with one attached hydrogen (secondary N) is 2. The molecule has 1 aliphatic carbocycles. The van der Waals surface area contributed by atoms with Crippen LogP contribution in [0, 0.1) is 6.92 Å². The third kappa shape index (κ3) is 4.06. The molecule has 2 rings (SSSR count). The fraction of sp³-hybridized carbons (Fsp3) is 0.533. The van der Waals surface area contributed by atoms with Crippen molar-refractivity contribution >= 4 is 11.6 Å². The highest BCUT2D eigenvalue weighted by atomic mass is 16.1. The van der Waals surface area contributed by atoms with E-state index in [-0.39, 0.29) is 5.91 Å². The van der Waals surface area contributed by atoms with E-state index in [2.05, 4.69) is 29.7 Å². The zero-order valence-electron chi connectivity index (χ0n) is 11.0. The normalized spacial score (nSPS) is 15.6. The van der Waals surface area contributed by atoms with Crippen LogP contribution in [-0.4, -0.2) is 18.5 Å². The molecule has 0 radical (unpaired) electrons. The molecule has 1 amide bonds. The molecule has 0 aliphatic heterocycles.